The Morgan fingerprint density at radius 2 is 1.93 bits per heavy atom. The molecule has 27 heavy (non-hydrogen) atoms. The third-order valence-corrected chi connectivity index (χ3v) is 4.49. The zero-order valence-corrected chi connectivity index (χ0v) is 15.1. The van der Waals surface area contributed by atoms with E-state index in [0.717, 1.165) is 43.1 Å². The van der Waals surface area contributed by atoms with Crippen LogP contribution in [0.1, 0.15) is 10.4 Å². The monoisotopic (exact) mass is 363 g/mol. The fraction of sp³-hybridized carbons (Fsp3) is 0.263. The molecule has 0 saturated carbocycles. The molecule has 0 atom stereocenters. The fourth-order valence-corrected chi connectivity index (χ4v) is 3.06. The number of amides is 1. The average molecular weight is 363 g/mol. The summed E-state index contributed by atoms with van der Waals surface area (Å²) in [6.07, 6.45) is 7.05. The third-order valence-electron chi connectivity index (χ3n) is 4.49. The van der Waals surface area contributed by atoms with E-state index in [4.69, 9.17) is 0 Å². The van der Waals surface area contributed by atoms with Gasteiger partial charge in [-0.1, -0.05) is 0 Å². The van der Waals surface area contributed by atoms with Gasteiger partial charge in [0.25, 0.3) is 5.91 Å². The van der Waals surface area contributed by atoms with Crippen molar-refractivity contribution in [2.24, 2.45) is 7.05 Å². The minimum Gasteiger partial charge on any atom is -0.354 e. The quantitative estimate of drug-likeness (QED) is 0.731. The van der Waals surface area contributed by atoms with Crippen LogP contribution in [-0.4, -0.2) is 51.8 Å². The number of anilines is 2. The zero-order chi connectivity index (χ0) is 18.6. The van der Waals surface area contributed by atoms with E-state index in [1.165, 1.54) is 0 Å². The minimum atomic E-state index is -0.204. The number of nitrogens with one attached hydrogen (secondary N) is 2. The number of hydrogen-bond donors (Lipinski definition) is 2. The molecule has 4 heterocycles. The third kappa shape index (κ3) is 3.95. The van der Waals surface area contributed by atoms with Gasteiger partial charge in [-0.25, -0.2) is 9.97 Å². The van der Waals surface area contributed by atoms with E-state index in [9.17, 15) is 4.79 Å². The minimum absolute atomic E-state index is 0.204. The van der Waals surface area contributed by atoms with Crippen LogP contribution in [0.15, 0.2) is 49.1 Å². The molecule has 0 unspecified atom stereocenters. The lowest BCUT2D eigenvalue weighted by Gasteiger charge is -2.28. The summed E-state index contributed by atoms with van der Waals surface area (Å²) in [5.41, 5.74) is 2.48. The maximum absolute atomic E-state index is 12.7. The molecular weight excluding hydrogens is 342 g/mol. The number of hydrogen-bond acceptors (Lipinski definition) is 6. The molecule has 8 heteroatoms. The van der Waals surface area contributed by atoms with Gasteiger partial charge in [-0.15, -0.1) is 0 Å². The molecule has 2 N–H and O–H groups in total. The lowest BCUT2D eigenvalue weighted by molar-refractivity contribution is 0.102. The van der Waals surface area contributed by atoms with Gasteiger partial charge in [0.2, 0.25) is 0 Å². The molecule has 1 amide bonds. The highest BCUT2D eigenvalue weighted by Crippen LogP contribution is 2.21. The van der Waals surface area contributed by atoms with Crippen molar-refractivity contribution < 1.29 is 4.79 Å². The molecule has 0 aromatic carbocycles. The normalized spacial score (nSPS) is 14.2. The second-order valence-corrected chi connectivity index (χ2v) is 6.43. The lowest BCUT2D eigenvalue weighted by Crippen LogP contribution is -2.43. The van der Waals surface area contributed by atoms with E-state index in [0.29, 0.717) is 11.4 Å². The van der Waals surface area contributed by atoms with Crippen LogP contribution >= 0.6 is 0 Å². The predicted octanol–water partition coefficient (Wildman–Crippen LogP) is 1.54. The van der Waals surface area contributed by atoms with Crippen molar-refractivity contribution in [2.75, 3.05) is 36.4 Å². The molecule has 0 radical (unpaired) electrons. The molecular formula is C19H21N7O. The molecule has 1 fully saturated rings. The van der Waals surface area contributed by atoms with Crippen molar-refractivity contribution in [3.05, 3.63) is 54.6 Å². The SMILES string of the molecule is Cn1cc(-c2ccnc(NC(=O)c3ccnc(N4CCNCC4)c3)c2)cn1. The smallest absolute Gasteiger partial charge is 0.257 e. The van der Waals surface area contributed by atoms with Crippen LogP contribution in [0.2, 0.25) is 0 Å². The molecule has 4 rings (SSSR count). The molecule has 0 spiro atoms. The van der Waals surface area contributed by atoms with Crippen molar-refractivity contribution in [1.29, 1.82) is 0 Å². The first-order chi connectivity index (χ1) is 13.2. The molecule has 8 nitrogen and oxygen atoms in total. The Balaban J connectivity index is 1.51. The van der Waals surface area contributed by atoms with Gasteiger partial charge in [-0.05, 0) is 29.8 Å². The van der Waals surface area contributed by atoms with E-state index in [1.54, 1.807) is 29.3 Å². The number of pyridine rings is 2. The van der Waals surface area contributed by atoms with Gasteiger partial charge in [0.05, 0.1) is 6.20 Å². The average Bonchev–Trinajstić information content (AvgIpc) is 3.15. The van der Waals surface area contributed by atoms with Crippen molar-refractivity contribution in [3.8, 4) is 11.1 Å². The van der Waals surface area contributed by atoms with Crippen molar-refractivity contribution in [1.82, 2.24) is 25.1 Å². The van der Waals surface area contributed by atoms with Gasteiger partial charge in [-0.2, -0.15) is 5.10 Å². The van der Waals surface area contributed by atoms with Gasteiger partial charge in [0.1, 0.15) is 11.6 Å². The summed E-state index contributed by atoms with van der Waals surface area (Å²) >= 11 is 0. The number of carbonyl (C=O) groups excluding carboxylic acids is 1. The number of rotatable bonds is 4. The highest BCUT2D eigenvalue weighted by Gasteiger charge is 2.14. The first-order valence-electron chi connectivity index (χ1n) is 8.87. The molecule has 3 aromatic heterocycles. The van der Waals surface area contributed by atoms with E-state index >= 15 is 0 Å². The number of carbonyl (C=O) groups is 1. The zero-order valence-electron chi connectivity index (χ0n) is 15.1. The standard InChI is InChI=1S/C19H21N7O/c1-25-13-16(12-23-25)14-2-4-21-17(10-14)24-19(27)15-3-5-22-18(11-15)26-8-6-20-7-9-26/h2-5,10-13,20H,6-9H2,1H3,(H,21,24,27). The summed E-state index contributed by atoms with van der Waals surface area (Å²) in [6.45, 7) is 3.60. The van der Waals surface area contributed by atoms with Crippen molar-refractivity contribution >= 4 is 17.5 Å². The van der Waals surface area contributed by atoms with E-state index in [-0.39, 0.29) is 5.91 Å². The first kappa shape index (κ1) is 17.2. The number of piperazine rings is 1. The van der Waals surface area contributed by atoms with Gasteiger partial charge in [0.15, 0.2) is 0 Å². The summed E-state index contributed by atoms with van der Waals surface area (Å²) in [5, 5.41) is 10.4. The van der Waals surface area contributed by atoms with Crippen molar-refractivity contribution in [2.45, 2.75) is 0 Å². The summed E-state index contributed by atoms with van der Waals surface area (Å²) < 4.78 is 1.74. The van der Waals surface area contributed by atoms with E-state index in [1.807, 2.05) is 31.4 Å². The van der Waals surface area contributed by atoms with Crippen LogP contribution in [0, 0.1) is 0 Å². The van der Waals surface area contributed by atoms with Gasteiger partial charge in [0, 0.05) is 62.9 Å². The molecule has 138 valence electrons. The molecule has 0 aliphatic carbocycles. The van der Waals surface area contributed by atoms with Crippen LogP contribution < -0.4 is 15.5 Å². The Labute approximate surface area is 157 Å². The van der Waals surface area contributed by atoms with Gasteiger partial charge in [-0.3, -0.25) is 9.48 Å². The second kappa shape index (κ2) is 7.55. The largest absolute Gasteiger partial charge is 0.354 e. The Bertz CT molecular complexity index is 946. The van der Waals surface area contributed by atoms with Crippen LogP contribution in [0.25, 0.3) is 11.1 Å². The topological polar surface area (TPSA) is 88.0 Å². The molecule has 1 aliphatic rings. The molecule has 1 saturated heterocycles. The van der Waals surface area contributed by atoms with E-state index in [2.05, 4.69) is 30.6 Å². The molecule has 1 aliphatic heterocycles. The lowest BCUT2D eigenvalue weighted by atomic mass is 10.1. The van der Waals surface area contributed by atoms with Crippen LogP contribution in [0.3, 0.4) is 0 Å². The summed E-state index contributed by atoms with van der Waals surface area (Å²) in [4.78, 5) is 23.5. The fourth-order valence-electron chi connectivity index (χ4n) is 3.06. The molecule has 0 bridgehead atoms. The highest BCUT2D eigenvalue weighted by molar-refractivity contribution is 6.04. The summed E-state index contributed by atoms with van der Waals surface area (Å²) in [7, 11) is 1.87. The second-order valence-electron chi connectivity index (χ2n) is 6.43. The van der Waals surface area contributed by atoms with Crippen LogP contribution in [0.4, 0.5) is 11.6 Å². The highest BCUT2D eigenvalue weighted by atomic mass is 16.1. The first-order valence-corrected chi connectivity index (χ1v) is 8.87. The summed E-state index contributed by atoms with van der Waals surface area (Å²) in [6, 6.07) is 7.27. The predicted molar refractivity (Wildman–Crippen MR) is 104 cm³/mol. The van der Waals surface area contributed by atoms with Crippen LogP contribution in [0.5, 0.6) is 0 Å². The number of aryl methyl sites for hydroxylation is 1. The number of aromatic nitrogens is 4. The van der Waals surface area contributed by atoms with Gasteiger partial charge < -0.3 is 15.5 Å². The Kier molecular flexibility index (Phi) is 4.80. The Morgan fingerprint density at radius 1 is 1.11 bits per heavy atom. The van der Waals surface area contributed by atoms with Crippen LogP contribution in [-0.2, 0) is 7.05 Å². The maximum atomic E-state index is 12.7. The summed E-state index contributed by atoms with van der Waals surface area (Å²) in [5.74, 6) is 1.12. The molecule has 3 aromatic rings. The van der Waals surface area contributed by atoms with E-state index < -0.39 is 0 Å². The Hall–Kier alpha value is -3.26. The maximum Gasteiger partial charge on any atom is 0.257 e. The van der Waals surface area contributed by atoms with Gasteiger partial charge >= 0.3 is 0 Å². The Morgan fingerprint density at radius 3 is 2.70 bits per heavy atom. The number of nitrogens with zero attached hydrogens (tertiary/aromatic N) is 5. The van der Waals surface area contributed by atoms with Crippen molar-refractivity contribution in [3.63, 3.8) is 0 Å².